The molecule has 1 aliphatic heterocycles. The summed E-state index contributed by atoms with van der Waals surface area (Å²) in [5, 5.41) is 25.9. The molecule has 3 aliphatic carbocycles. The summed E-state index contributed by atoms with van der Waals surface area (Å²) in [4.78, 5) is 24.7. The van der Waals surface area contributed by atoms with Gasteiger partial charge < -0.3 is 24.8 Å². The molecule has 10 atom stereocenters. The van der Waals surface area contributed by atoms with E-state index in [0.717, 1.165) is 25.0 Å². The Morgan fingerprint density at radius 1 is 1.28 bits per heavy atom. The Hall–Kier alpha value is -2.25. The number of amides is 1. The minimum atomic E-state index is -4.52. The maximum Gasteiger partial charge on any atom is 0.416 e. The van der Waals surface area contributed by atoms with Crippen LogP contribution in [0.2, 0.25) is 0 Å². The number of aryl methyl sites for hydroxylation is 1. The van der Waals surface area contributed by atoms with E-state index in [-0.39, 0.29) is 42.9 Å². The number of aromatic nitrogens is 2. The van der Waals surface area contributed by atoms with E-state index in [1.165, 1.54) is 19.9 Å². The van der Waals surface area contributed by atoms with Crippen LogP contribution in [-0.4, -0.2) is 81.4 Å². The van der Waals surface area contributed by atoms with Gasteiger partial charge in [0, 0.05) is 45.0 Å². The van der Waals surface area contributed by atoms with Gasteiger partial charge in [0.1, 0.15) is 12.1 Å². The van der Waals surface area contributed by atoms with Crippen LogP contribution in [0.1, 0.15) is 71.4 Å². The third-order valence-corrected chi connectivity index (χ3v) is 11.6. The zero-order valence-electron chi connectivity index (χ0n) is 28.1. The highest BCUT2D eigenvalue weighted by molar-refractivity contribution is 5.83. The van der Waals surface area contributed by atoms with E-state index in [1.54, 1.807) is 23.6 Å². The Kier molecular flexibility index (Phi) is 10.2. The number of hydroxylamine groups is 2. The molecule has 258 valence electrons. The molecular formula is C34H51F3N4O5. The lowest BCUT2D eigenvalue weighted by molar-refractivity contribution is -0.188. The molecule has 3 N–H and O–H groups in total. The predicted octanol–water partition coefficient (Wildman–Crippen LogP) is 4.73. The standard InChI is InChI=1S/C34H51F3N4O5/c1-8-9-20(27(45-7)11-21-10-23(34(35,36)37)14-26-30(21)38-17-40(26)6)15-41-31(29(19(3)43)28(16-42)46-41)32(44)39-25-13-22-12-24(18(25)2)33(22,4)5/h10,14,17-20,22,24-25,27-29,31,42-43H,8-9,11-13,15-16H2,1-7H3,(H,39,44)/t18-,19-,20?,22+,24+,25-,27?,28-,29-,31-/m0/s1. The number of nitrogens with one attached hydrogen (secondary N) is 1. The second kappa shape index (κ2) is 13.3. The van der Waals surface area contributed by atoms with Crippen molar-refractivity contribution in [2.75, 3.05) is 20.3 Å². The number of nitrogens with zero attached hydrogens (tertiary/aromatic N) is 3. The zero-order chi connectivity index (χ0) is 33.7. The quantitative estimate of drug-likeness (QED) is 0.305. The molecule has 2 unspecified atom stereocenters. The number of alkyl halides is 3. The van der Waals surface area contributed by atoms with Crippen LogP contribution in [0.25, 0.3) is 11.0 Å². The molecule has 0 radical (unpaired) electrons. The normalized spacial score (nSPS) is 31.4. The van der Waals surface area contributed by atoms with Crippen molar-refractivity contribution in [1.29, 1.82) is 0 Å². The van der Waals surface area contributed by atoms with E-state index in [1.807, 2.05) is 6.92 Å². The number of hydrogen-bond acceptors (Lipinski definition) is 7. The molecular weight excluding hydrogens is 601 g/mol. The Morgan fingerprint density at radius 2 is 2.00 bits per heavy atom. The van der Waals surface area contributed by atoms with E-state index in [4.69, 9.17) is 9.57 Å². The number of halogens is 3. The average Bonchev–Trinajstić information content (AvgIpc) is 3.56. The van der Waals surface area contributed by atoms with Gasteiger partial charge in [-0.3, -0.25) is 9.63 Å². The molecule has 2 bridgehead atoms. The second-order valence-electron chi connectivity index (χ2n) is 14.6. The first kappa shape index (κ1) is 35.1. The van der Waals surface area contributed by atoms with Crippen molar-refractivity contribution in [3.8, 4) is 0 Å². The Balaban J connectivity index is 1.40. The maximum atomic E-state index is 14.1. The van der Waals surface area contributed by atoms with Gasteiger partial charge in [0.25, 0.3) is 0 Å². The summed E-state index contributed by atoms with van der Waals surface area (Å²) < 4.78 is 49.2. The summed E-state index contributed by atoms with van der Waals surface area (Å²) in [6.45, 7) is 10.3. The number of methoxy groups -OCH3 is 1. The van der Waals surface area contributed by atoms with Crippen LogP contribution in [0, 0.1) is 35.0 Å². The van der Waals surface area contributed by atoms with E-state index in [9.17, 15) is 28.2 Å². The summed E-state index contributed by atoms with van der Waals surface area (Å²) in [5.41, 5.74) is 0.812. The summed E-state index contributed by atoms with van der Waals surface area (Å²) in [7, 11) is 3.20. The van der Waals surface area contributed by atoms with Gasteiger partial charge in [-0.25, -0.2) is 4.98 Å². The van der Waals surface area contributed by atoms with Crippen molar-refractivity contribution >= 4 is 16.9 Å². The zero-order valence-corrected chi connectivity index (χ0v) is 28.1. The molecule has 2 heterocycles. The van der Waals surface area contributed by atoms with Gasteiger partial charge in [0.15, 0.2) is 0 Å². The number of hydrogen-bond donors (Lipinski definition) is 3. The van der Waals surface area contributed by atoms with Crippen LogP contribution in [0.5, 0.6) is 0 Å². The lowest BCUT2D eigenvalue weighted by atomic mass is 9.45. The lowest BCUT2D eigenvalue weighted by Gasteiger charge is -2.62. The third kappa shape index (κ3) is 6.44. The van der Waals surface area contributed by atoms with E-state index in [2.05, 4.69) is 31.1 Å². The molecule has 2 aromatic rings. The molecule has 1 saturated heterocycles. The van der Waals surface area contributed by atoms with Crippen molar-refractivity contribution < 1.29 is 37.8 Å². The third-order valence-electron chi connectivity index (χ3n) is 11.6. The fourth-order valence-corrected chi connectivity index (χ4v) is 8.78. The first-order chi connectivity index (χ1) is 21.6. The monoisotopic (exact) mass is 652 g/mol. The number of fused-ring (bicyclic) bond motifs is 3. The van der Waals surface area contributed by atoms with E-state index < -0.39 is 42.0 Å². The molecule has 46 heavy (non-hydrogen) atoms. The van der Waals surface area contributed by atoms with Crippen LogP contribution in [0.4, 0.5) is 13.2 Å². The molecule has 1 aromatic carbocycles. The van der Waals surface area contributed by atoms with Crippen molar-refractivity contribution in [2.24, 2.45) is 42.1 Å². The number of imidazole rings is 1. The number of carbonyl (C=O) groups excluding carboxylic acids is 1. The minimum Gasteiger partial charge on any atom is -0.394 e. The van der Waals surface area contributed by atoms with Crippen LogP contribution in [0.15, 0.2) is 18.5 Å². The average molecular weight is 653 g/mol. The SMILES string of the molecule is CCCC(CN1O[C@@H](CO)[C@H]([C@H](C)O)[C@H]1C(=O)N[C@H]1C[C@H]2C[C@H]([C@@H]1C)C2(C)C)C(Cc1cc(C(F)(F)F)cc2c1ncn2C)OC. The summed E-state index contributed by atoms with van der Waals surface area (Å²) in [5.74, 6) is 0.228. The Bertz CT molecular complexity index is 1380. The Labute approximate surface area is 269 Å². The summed E-state index contributed by atoms with van der Waals surface area (Å²) >= 11 is 0. The highest BCUT2D eigenvalue weighted by atomic mass is 19.4. The van der Waals surface area contributed by atoms with Crippen LogP contribution in [-0.2, 0) is 34.0 Å². The van der Waals surface area contributed by atoms with Crippen LogP contribution < -0.4 is 5.32 Å². The van der Waals surface area contributed by atoms with Gasteiger partial charge in [0.05, 0.1) is 41.7 Å². The Morgan fingerprint density at radius 3 is 2.57 bits per heavy atom. The van der Waals surface area contributed by atoms with E-state index in [0.29, 0.717) is 40.8 Å². The first-order valence-electron chi connectivity index (χ1n) is 16.7. The lowest BCUT2D eigenvalue weighted by Crippen LogP contribution is -2.62. The molecule has 1 aromatic heterocycles. The fourth-order valence-electron chi connectivity index (χ4n) is 8.78. The van der Waals surface area contributed by atoms with Gasteiger partial charge in [-0.05, 0) is 67.1 Å². The highest BCUT2D eigenvalue weighted by Crippen LogP contribution is 2.61. The number of carbonyl (C=O) groups is 1. The largest absolute Gasteiger partial charge is 0.416 e. The number of rotatable bonds is 12. The van der Waals surface area contributed by atoms with E-state index >= 15 is 0 Å². The molecule has 9 nitrogen and oxygen atoms in total. The molecule has 6 rings (SSSR count). The molecule has 12 heteroatoms. The van der Waals surface area contributed by atoms with Gasteiger partial charge in [0.2, 0.25) is 5.91 Å². The summed E-state index contributed by atoms with van der Waals surface area (Å²) in [6.07, 6.45) is -1.60. The fraction of sp³-hybridized carbons (Fsp3) is 0.765. The van der Waals surface area contributed by atoms with Gasteiger partial charge >= 0.3 is 6.18 Å². The van der Waals surface area contributed by atoms with Crippen molar-refractivity contribution in [2.45, 2.75) is 103 Å². The topological polar surface area (TPSA) is 109 Å². The van der Waals surface area contributed by atoms with Crippen LogP contribution >= 0.6 is 0 Å². The van der Waals surface area contributed by atoms with Gasteiger partial charge in [-0.1, -0.05) is 34.1 Å². The highest BCUT2D eigenvalue weighted by Gasteiger charge is 2.57. The number of aliphatic hydroxyl groups excluding tert-OH is 2. The minimum absolute atomic E-state index is 0.00815. The molecule has 0 spiro atoms. The maximum absolute atomic E-state index is 14.1. The molecule has 4 fully saturated rings. The predicted molar refractivity (Wildman–Crippen MR) is 167 cm³/mol. The smallest absolute Gasteiger partial charge is 0.394 e. The van der Waals surface area contributed by atoms with Crippen molar-refractivity contribution in [3.63, 3.8) is 0 Å². The van der Waals surface area contributed by atoms with Gasteiger partial charge in [-0.2, -0.15) is 18.2 Å². The first-order valence-corrected chi connectivity index (χ1v) is 16.7. The van der Waals surface area contributed by atoms with Crippen LogP contribution in [0.3, 0.4) is 0 Å². The van der Waals surface area contributed by atoms with Gasteiger partial charge in [-0.15, -0.1) is 0 Å². The number of benzene rings is 1. The number of aliphatic hydroxyl groups is 2. The molecule has 4 aliphatic rings. The van der Waals surface area contributed by atoms with Crippen molar-refractivity contribution in [1.82, 2.24) is 19.9 Å². The van der Waals surface area contributed by atoms with Crippen molar-refractivity contribution in [3.05, 3.63) is 29.6 Å². The summed E-state index contributed by atoms with van der Waals surface area (Å²) in [6, 6.07) is 1.41. The molecule has 1 amide bonds. The molecule has 3 saturated carbocycles. The number of ether oxygens (including phenoxy) is 1. The second-order valence-corrected chi connectivity index (χ2v) is 14.6.